The van der Waals surface area contributed by atoms with E-state index in [9.17, 15) is 4.79 Å². The van der Waals surface area contributed by atoms with Gasteiger partial charge in [-0.1, -0.05) is 23.2 Å². The summed E-state index contributed by atoms with van der Waals surface area (Å²) in [6.07, 6.45) is 1.34. The molecule has 0 fully saturated rings. The Morgan fingerprint density at radius 1 is 1.33 bits per heavy atom. The number of carboxylic acid groups (broad SMARTS) is 1. The van der Waals surface area contributed by atoms with Crippen molar-refractivity contribution < 1.29 is 14.3 Å². The average Bonchev–Trinajstić information content (AvgIpc) is 2.76. The molecule has 0 unspecified atom stereocenters. The van der Waals surface area contributed by atoms with Crippen molar-refractivity contribution >= 4 is 34.9 Å². The van der Waals surface area contributed by atoms with Crippen molar-refractivity contribution in [2.75, 3.05) is 5.32 Å². The van der Waals surface area contributed by atoms with Crippen LogP contribution in [0.15, 0.2) is 34.9 Å². The maximum Gasteiger partial charge on any atom is 0.339 e. The van der Waals surface area contributed by atoms with E-state index in [1.807, 2.05) is 0 Å². The molecule has 0 aliphatic heterocycles. The molecule has 0 amide bonds. The predicted octanol–water partition coefficient (Wildman–Crippen LogP) is 3.90. The number of anilines is 1. The van der Waals surface area contributed by atoms with Gasteiger partial charge in [-0.05, 0) is 24.3 Å². The Balaban J connectivity index is 2.11. The second-order valence-electron chi connectivity index (χ2n) is 3.54. The quantitative estimate of drug-likeness (QED) is 0.894. The molecular weight excluding hydrogens is 277 g/mol. The van der Waals surface area contributed by atoms with Gasteiger partial charge in [0, 0.05) is 5.02 Å². The highest BCUT2D eigenvalue weighted by molar-refractivity contribution is 6.36. The van der Waals surface area contributed by atoms with Gasteiger partial charge >= 0.3 is 5.97 Å². The first kappa shape index (κ1) is 12.8. The standard InChI is InChI=1S/C12H9Cl2NO3/c13-7-1-2-10(9(14)5-7)15-6-11-8(12(16)17)3-4-18-11/h1-5,15H,6H2,(H,16,17). The summed E-state index contributed by atoms with van der Waals surface area (Å²) in [5, 5.41) is 12.9. The number of carboxylic acids is 1. The molecule has 0 aliphatic rings. The minimum atomic E-state index is -1.03. The summed E-state index contributed by atoms with van der Waals surface area (Å²) in [6.45, 7) is 0.232. The zero-order chi connectivity index (χ0) is 13.1. The van der Waals surface area contributed by atoms with E-state index in [1.54, 1.807) is 18.2 Å². The number of aromatic carboxylic acids is 1. The van der Waals surface area contributed by atoms with Gasteiger partial charge in [-0.15, -0.1) is 0 Å². The zero-order valence-electron chi connectivity index (χ0n) is 9.11. The molecule has 2 rings (SSSR count). The highest BCUT2D eigenvalue weighted by Gasteiger charge is 2.13. The molecule has 18 heavy (non-hydrogen) atoms. The first-order valence-electron chi connectivity index (χ1n) is 5.06. The van der Waals surface area contributed by atoms with Gasteiger partial charge in [-0.2, -0.15) is 0 Å². The number of rotatable bonds is 4. The maximum atomic E-state index is 10.9. The van der Waals surface area contributed by atoms with Crippen LogP contribution in [0.25, 0.3) is 0 Å². The molecule has 1 aromatic heterocycles. The Kier molecular flexibility index (Phi) is 3.79. The van der Waals surface area contributed by atoms with Crippen LogP contribution in [0.3, 0.4) is 0 Å². The zero-order valence-corrected chi connectivity index (χ0v) is 10.6. The molecule has 4 nitrogen and oxygen atoms in total. The summed E-state index contributed by atoms with van der Waals surface area (Å²) < 4.78 is 5.10. The Bertz CT molecular complexity index is 580. The van der Waals surface area contributed by atoms with Crippen LogP contribution in [0.1, 0.15) is 16.1 Å². The minimum absolute atomic E-state index is 0.132. The van der Waals surface area contributed by atoms with E-state index in [1.165, 1.54) is 12.3 Å². The Morgan fingerprint density at radius 2 is 2.11 bits per heavy atom. The third-order valence-electron chi connectivity index (χ3n) is 2.35. The fourth-order valence-corrected chi connectivity index (χ4v) is 1.95. The Morgan fingerprint density at radius 3 is 2.78 bits per heavy atom. The van der Waals surface area contributed by atoms with Gasteiger partial charge in [-0.3, -0.25) is 0 Å². The molecule has 1 aromatic carbocycles. The number of benzene rings is 1. The molecule has 0 atom stereocenters. The molecule has 94 valence electrons. The third kappa shape index (κ3) is 2.78. The van der Waals surface area contributed by atoms with E-state index < -0.39 is 5.97 Å². The Labute approximate surface area is 113 Å². The van der Waals surface area contributed by atoms with Crippen LogP contribution >= 0.6 is 23.2 Å². The number of hydrogen-bond donors (Lipinski definition) is 2. The lowest BCUT2D eigenvalue weighted by Gasteiger charge is -2.07. The van der Waals surface area contributed by atoms with E-state index in [0.29, 0.717) is 21.5 Å². The van der Waals surface area contributed by atoms with Gasteiger partial charge in [0.05, 0.1) is 23.5 Å². The normalized spacial score (nSPS) is 10.3. The smallest absolute Gasteiger partial charge is 0.339 e. The number of nitrogens with one attached hydrogen (secondary N) is 1. The van der Waals surface area contributed by atoms with Crippen LogP contribution in [-0.2, 0) is 6.54 Å². The van der Waals surface area contributed by atoms with Crippen molar-refractivity contribution in [2.45, 2.75) is 6.54 Å². The second-order valence-corrected chi connectivity index (χ2v) is 4.38. The summed E-state index contributed by atoms with van der Waals surface area (Å²) in [7, 11) is 0. The van der Waals surface area contributed by atoms with E-state index in [4.69, 9.17) is 32.7 Å². The first-order valence-corrected chi connectivity index (χ1v) is 5.82. The number of halogens is 2. The van der Waals surface area contributed by atoms with Crippen LogP contribution in [-0.4, -0.2) is 11.1 Å². The number of hydrogen-bond acceptors (Lipinski definition) is 3. The fourth-order valence-electron chi connectivity index (χ4n) is 1.48. The molecule has 0 aliphatic carbocycles. The highest BCUT2D eigenvalue weighted by atomic mass is 35.5. The van der Waals surface area contributed by atoms with Gasteiger partial charge in [0.1, 0.15) is 11.3 Å². The average molecular weight is 286 g/mol. The topological polar surface area (TPSA) is 62.5 Å². The third-order valence-corrected chi connectivity index (χ3v) is 2.89. The molecule has 0 radical (unpaired) electrons. The summed E-state index contributed by atoms with van der Waals surface area (Å²) in [5.41, 5.74) is 0.793. The molecule has 6 heteroatoms. The summed E-state index contributed by atoms with van der Waals surface area (Å²) in [4.78, 5) is 10.9. The summed E-state index contributed by atoms with van der Waals surface area (Å²) in [6, 6.07) is 6.42. The van der Waals surface area contributed by atoms with Crippen LogP contribution in [0.2, 0.25) is 10.0 Å². The van der Waals surface area contributed by atoms with E-state index in [0.717, 1.165) is 0 Å². The number of carbonyl (C=O) groups is 1. The maximum absolute atomic E-state index is 10.9. The van der Waals surface area contributed by atoms with Crippen molar-refractivity contribution in [1.29, 1.82) is 0 Å². The van der Waals surface area contributed by atoms with Crippen LogP contribution in [0, 0.1) is 0 Å². The van der Waals surface area contributed by atoms with Crippen LogP contribution in [0.5, 0.6) is 0 Å². The lowest BCUT2D eigenvalue weighted by molar-refractivity contribution is 0.0694. The minimum Gasteiger partial charge on any atom is -0.478 e. The van der Waals surface area contributed by atoms with Gasteiger partial charge in [0.2, 0.25) is 0 Å². The van der Waals surface area contributed by atoms with Crippen molar-refractivity contribution in [3.8, 4) is 0 Å². The van der Waals surface area contributed by atoms with Gasteiger partial charge in [0.25, 0.3) is 0 Å². The monoisotopic (exact) mass is 285 g/mol. The molecule has 0 bridgehead atoms. The van der Waals surface area contributed by atoms with Crippen molar-refractivity contribution in [3.05, 3.63) is 51.9 Å². The molecule has 2 N–H and O–H groups in total. The number of furan rings is 1. The summed E-state index contributed by atoms with van der Waals surface area (Å²) >= 11 is 11.8. The van der Waals surface area contributed by atoms with Crippen molar-refractivity contribution in [1.82, 2.24) is 0 Å². The molecular formula is C12H9Cl2NO3. The molecule has 1 heterocycles. The van der Waals surface area contributed by atoms with E-state index >= 15 is 0 Å². The molecule has 0 saturated carbocycles. The van der Waals surface area contributed by atoms with Gasteiger partial charge < -0.3 is 14.8 Å². The Hall–Kier alpha value is -1.65. The van der Waals surface area contributed by atoms with E-state index in [2.05, 4.69) is 5.32 Å². The van der Waals surface area contributed by atoms with Gasteiger partial charge in [0.15, 0.2) is 0 Å². The SMILES string of the molecule is O=C(O)c1ccoc1CNc1ccc(Cl)cc1Cl. The summed E-state index contributed by atoms with van der Waals surface area (Å²) in [5.74, 6) is -0.684. The van der Waals surface area contributed by atoms with Crippen LogP contribution < -0.4 is 5.32 Å². The van der Waals surface area contributed by atoms with Crippen molar-refractivity contribution in [3.63, 3.8) is 0 Å². The highest BCUT2D eigenvalue weighted by Crippen LogP contribution is 2.26. The van der Waals surface area contributed by atoms with Gasteiger partial charge in [-0.25, -0.2) is 4.79 Å². The lowest BCUT2D eigenvalue weighted by atomic mass is 10.2. The molecule has 2 aromatic rings. The fraction of sp³-hybridized carbons (Fsp3) is 0.0833. The van der Waals surface area contributed by atoms with Crippen molar-refractivity contribution in [2.24, 2.45) is 0 Å². The second kappa shape index (κ2) is 5.33. The predicted molar refractivity (Wildman–Crippen MR) is 69.5 cm³/mol. The van der Waals surface area contributed by atoms with E-state index in [-0.39, 0.29) is 12.1 Å². The van der Waals surface area contributed by atoms with Crippen LogP contribution in [0.4, 0.5) is 5.69 Å². The molecule has 0 spiro atoms. The largest absolute Gasteiger partial charge is 0.478 e. The lowest BCUT2D eigenvalue weighted by Crippen LogP contribution is -2.04. The molecule has 0 saturated heterocycles. The first-order chi connectivity index (χ1) is 8.58.